The van der Waals surface area contributed by atoms with E-state index >= 15 is 0 Å². The van der Waals surface area contributed by atoms with Gasteiger partial charge in [-0.3, -0.25) is 14.5 Å². The van der Waals surface area contributed by atoms with E-state index in [-0.39, 0.29) is 22.2 Å². The molecule has 5 rings (SSSR count). The molecule has 5 heterocycles. The largest absolute Gasteiger partial charge is 0.543 e. The monoisotopic (exact) mass is 589 g/mol. The molecule has 3 aliphatic rings. The normalized spacial score (nSPS) is 20.5. The van der Waals surface area contributed by atoms with E-state index in [2.05, 4.69) is 31.2 Å². The molecule has 1 saturated heterocycles. The first kappa shape index (κ1) is 26.8. The lowest BCUT2D eigenvalue weighted by Crippen LogP contribution is -2.71. The zero-order valence-electron chi connectivity index (χ0n) is 20.4. The molecule has 3 aliphatic heterocycles. The van der Waals surface area contributed by atoms with Crippen LogP contribution in [0.3, 0.4) is 0 Å². The number of thioether (sulfide) groups is 2. The minimum atomic E-state index is -1.44. The number of amides is 2. The van der Waals surface area contributed by atoms with Crippen LogP contribution in [-0.4, -0.2) is 82.5 Å². The molecular formula is C22H23N9O5S3. The first-order valence-corrected chi connectivity index (χ1v) is 14.5. The van der Waals surface area contributed by atoms with Crippen molar-refractivity contribution in [1.82, 2.24) is 20.5 Å². The van der Waals surface area contributed by atoms with E-state index in [0.717, 1.165) is 29.3 Å². The lowest BCUT2D eigenvalue weighted by molar-refractivity contribution is -0.640. The first-order valence-electron chi connectivity index (χ1n) is 11.6. The number of nitrogens with zero attached hydrogens (tertiary/aromatic N) is 5. The predicted octanol–water partition coefficient (Wildman–Crippen LogP) is -1.94. The van der Waals surface area contributed by atoms with Crippen molar-refractivity contribution in [2.75, 3.05) is 42.9 Å². The molecular weight excluding hydrogens is 567 g/mol. The number of carbonyl (C=O) groups excluding carboxylic acids is 3. The highest BCUT2D eigenvalue weighted by atomic mass is 32.2. The summed E-state index contributed by atoms with van der Waals surface area (Å²) >= 11 is 3.94. The molecule has 39 heavy (non-hydrogen) atoms. The van der Waals surface area contributed by atoms with E-state index in [4.69, 9.17) is 10.6 Å². The van der Waals surface area contributed by atoms with Gasteiger partial charge >= 0.3 is 0 Å². The van der Waals surface area contributed by atoms with E-state index in [1.165, 1.54) is 35.5 Å². The number of thiazole rings is 1. The lowest BCUT2D eigenvalue weighted by atomic mass is 10.0. The van der Waals surface area contributed by atoms with Gasteiger partial charge in [-0.2, -0.15) is 0 Å². The molecule has 2 aromatic heterocycles. The van der Waals surface area contributed by atoms with E-state index in [1.54, 1.807) is 10.1 Å². The number of fused-ring (bicyclic) bond motifs is 1. The molecule has 2 amide bonds. The number of aromatic nitrogens is 2. The van der Waals surface area contributed by atoms with Gasteiger partial charge in [-0.25, -0.2) is 9.98 Å². The number of guanidine groups is 1. The zero-order valence-corrected chi connectivity index (χ0v) is 22.9. The van der Waals surface area contributed by atoms with Gasteiger partial charge in [-0.15, -0.1) is 40.3 Å². The highest BCUT2D eigenvalue weighted by Gasteiger charge is 2.53. The average molecular weight is 590 g/mol. The Labute approximate surface area is 234 Å². The Balaban J connectivity index is 1.24. The van der Waals surface area contributed by atoms with E-state index < -0.39 is 29.2 Å². The Morgan fingerprint density at radius 2 is 2.21 bits per heavy atom. The van der Waals surface area contributed by atoms with Gasteiger partial charge < -0.3 is 31.1 Å². The number of carboxylic acids is 1. The number of nitrogen functional groups attached to an aromatic ring is 1. The van der Waals surface area contributed by atoms with Crippen LogP contribution in [0.15, 0.2) is 56.2 Å². The van der Waals surface area contributed by atoms with Gasteiger partial charge in [0.1, 0.15) is 24.2 Å². The number of anilines is 1. The maximum absolute atomic E-state index is 13.0. The third-order valence-electron chi connectivity index (χ3n) is 5.81. The molecule has 0 spiro atoms. The number of nitrogens with one attached hydrogen (secondary N) is 3. The second-order valence-corrected chi connectivity index (χ2v) is 11.3. The minimum Gasteiger partial charge on any atom is -0.543 e. The highest BCUT2D eigenvalue weighted by Crippen LogP contribution is 2.41. The van der Waals surface area contributed by atoms with Crippen LogP contribution in [0.4, 0.5) is 5.13 Å². The molecule has 0 saturated carbocycles. The Morgan fingerprint density at radius 3 is 2.85 bits per heavy atom. The number of hydrogen-bond acceptors (Lipinski definition) is 14. The van der Waals surface area contributed by atoms with Crippen molar-refractivity contribution < 1.29 is 29.0 Å². The van der Waals surface area contributed by atoms with Crippen LogP contribution in [0.1, 0.15) is 5.69 Å². The summed E-state index contributed by atoms with van der Waals surface area (Å²) in [4.78, 5) is 53.1. The molecule has 5 N–H and O–H groups in total. The number of aliphatic carboxylic acids is 1. The average Bonchev–Trinajstić information content (AvgIpc) is 3.60. The summed E-state index contributed by atoms with van der Waals surface area (Å²) in [6.45, 7) is 1.52. The number of pyridine rings is 1. The quantitative estimate of drug-likeness (QED) is 0.0837. The van der Waals surface area contributed by atoms with E-state index in [0.29, 0.717) is 23.0 Å². The molecule has 0 aliphatic carbocycles. The Hall–Kier alpha value is -3.83. The smallest absolute Gasteiger partial charge is 0.276 e. The number of oxime groups is 1. The molecule has 2 aromatic rings. The van der Waals surface area contributed by atoms with Crippen LogP contribution >= 0.6 is 34.9 Å². The zero-order chi connectivity index (χ0) is 27.5. The predicted molar refractivity (Wildman–Crippen MR) is 144 cm³/mol. The van der Waals surface area contributed by atoms with Crippen LogP contribution in [0.5, 0.6) is 0 Å². The number of aliphatic imine (C=N–C) groups is 1. The van der Waals surface area contributed by atoms with Gasteiger partial charge in [0.15, 0.2) is 10.8 Å². The Bertz CT molecular complexity index is 1390. The number of nitrogens with two attached hydrogens (primary N) is 1. The number of hydrogen-bond donors (Lipinski definition) is 4. The molecule has 14 nitrogen and oxygen atoms in total. The molecule has 2 atom stereocenters. The fourth-order valence-electron chi connectivity index (χ4n) is 4.03. The summed E-state index contributed by atoms with van der Waals surface area (Å²) in [6.07, 6.45) is 3.66. The number of carboxylic acid groups (broad SMARTS) is 1. The van der Waals surface area contributed by atoms with Gasteiger partial charge in [0, 0.05) is 40.5 Å². The third kappa shape index (κ3) is 5.64. The SMILES string of the molecule is CO/N=C(\C(=O)N[C@@H]1C(=O)N2C(C(=O)[O-])=C(CSc3cc[n+](NC4=NCCN4)cc3)CS[C@H]12)c1csc(N)n1. The summed E-state index contributed by atoms with van der Waals surface area (Å²) in [7, 11) is 1.28. The van der Waals surface area contributed by atoms with Crippen LogP contribution in [0.25, 0.3) is 0 Å². The molecule has 0 aromatic carbocycles. The number of rotatable bonds is 9. The van der Waals surface area contributed by atoms with E-state index in [9.17, 15) is 19.5 Å². The summed E-state index contributed by atoms with van der Waals surface area (Å²) in [5.41, 5.74) is 9.24. The summed E-state index contributed by atoms with van der Waals surface area (Å²) in [6, 6.07) is 2.83. The first-order chi connectivity index (χ1) is 18.9. The molecule has 0 radical (unpaired) electrons. The van der Waals surface area contributed by atoms with Gasteiger partial charge in [0.2, 0.25) is 18.4 Å². The Morgan fingerprint density at radius 1 is 1.41 bits per heavy atom. The van der Waals surface area contributed by atoms with Crippen LogP contribution in [0, 0.1) is 0 Å². The molecule has 204 valence electrons. The fraction of sp³-hybridized carbons (Fsp3) is 0.318. The minimum absolute atomic E-state index is 0.142. The molecule has 17 heteroatoms. The maximum Gasteiger partial charge on any atom is 0.276 e. The van der Waals surface area contributed by atoms with Crippen LogP contribution < -0.4 is 31.6 Å². The van der Waals surface area contributed by atoms with Gasteiger partial charge in [-0.05, 0) is 5.57 Å². The van der Waals surface area contributed by atoms with Crippen LogP contribution in [0.2, 0.25) is 0 Å². The standard InChI is InChI=1S/C22H23N9O5S3/c1-36-29-14(13-10-39-21(23)26-13)17(32)27-15-18(33)31-16(20(34)35)11(9-38-19(15)31)8-37-12-2-6-30(7-3-12)28-22-24-4-5-25-22/h2-3,6-7,10,15,19H,4-5,8-9H2,1H3,(H5-,23,24,25,26,27,28,32,34,35)/b29-14-/t15-,19-/m1/s1. The second kappa shape index (κ2) is 11.5. The Kier molecular flexibility index (Phi) is 7.89. The molecule has 0 unspecified atom stereocenters. The second-order valence-electron chi connectivity index (χ2n) is 8.29. The lowest BCUT2D eigenvalue weighted by Gasteiger charge is -2.50. The summed E-state index contributed by atoms with van der Waals surface area (Å²) in [5.74, 6) is -1.26. The molecule has 1 fully saturated rings. The van der Waals surface area contributed by atoms with Crippen molar-refractivity contribution in [2.24, 2.45) is 10.1 Å². The number of β-lactam (4-membered cyclic amide) rings is 1. The van der Waals surface area contributed by atoms with Crippen molar-refractivity contribution in [1.29, 1.82) is 0 Å². The van der Waals surface area contributed by atoms with Crippen molar-refractivity contribution in [3.8, 4) is 0 Å². The topological polar surface area (TPSA) is 190 Å². The molecule has 0 bridgehead atoms. The summed E-state index contributed by atoms with van der Waals surface area (Å²) in [5, 5.41) is 22.7. The van der Waals surface area contributed by atoms with Gasteiger partial charge in [-0.1, -0.05) is 9.83 Å². The van der Waals surface area contributed by atoms with Crippen LogP contribution in [-0.2, 0) is 19.2 Å². The van der Waals surface area contributed by atoms with Crippen molar-refractivity contribution in [3.63, 3.8) is 0 Å². The summed E-state index contributed by atoms with van der Waals surface area (Å²) < 4.78 is 1.76. The fourth-order valence-corrected chi connectivity index (χ4v) is 6.95. The van der Waals surface area contributed by atoms with Crippen molar-refractivity contribution in [2.45, 2.75) is 16.3 Å². The van der Waals surface area contributed by atoms with E-state index in [1.807, 2.05) is 24.5 Å². The third-order valence-corrected chi connectivity index (χ3v) is 8.92. The maximum atomic E-state index is 13.0. The number of carbonyl (C=O) groups is 3. The van der Waals surface area contributed by atoms with Gasteiger partial charge in [0.05, 0.1) is 18.2 Å². The van der Waals surface area contributed by atoms with Crippen molar-refractivity contribution >= 4 is 69.4 Å². The van der Waals surface area contributed by atoms with Gasteiger partial charge in [0.25, 0.3) is 11.8 Å². The van der Waals surface area contributed by atoms with Crippen molar-refractivity contribution in [3.05, 3.63) is 46.9 Å². The highest BCUT2D eigenvalue weighted by molar-refractivity contribution is 8.01.